The average Bonchev–Trinajstić information content (AvgIpc) is 2.20. The molecule has 6 heteroatoms. The second-order valence-electron chi connectivity index (χ2n) is 6.07. The van der Waals surface area contributed by atoms with Gasteiger partial charge in [0.1, 0.15) is 6.04 Å². The van der Waals surface area contributed by atoms with Crippen LogP contribution in [0.5, 0.6) is 0 Å². The molecule has 0 aromatic rings. The second kappa shape index (κ2) is 5.05. The van der Waals surface area contributed by atoms with Gasteiger partial charge in [0.2, 0.25) is 15.9 Å². The summed E-state index contributed by atoms with van der Waals surface area (Å²) >= 11 is 0. The number of nitrogens with one attached hydrogen (secondary N) is 1. The van der Waals surface area contributed by atoms with Gasteiger partial charge < -0.3 is 4.90 Å². The summed E-state index contributed by atoms with van der Waals surface area (Å²) in [7, 11) is -3.36. The van der Waals surface area contributed by atoms with Crippen molar-refractivity contribution < 1.29 is 13.2 Å². The lowest BCUT2D eigenvalue weighted by Crippen LogP contribution is -2.69. The number of rotatable bonds is 5. The number of hydrogen-bond donors (Lipinski definition) is 1. The van der Waals surface area contributed by atoms with Crippen molar-refractivity contribution in [3.05, 3.63) is 0 Å². The molecular weight excluding hydrogens is 264 g/mol. The lowest BCUT2D eigenvalue weighted by molar-refractivity contribution is -0.158. The normalized spacial score (nSPS) is 24.5. The number of carbonyl (C=O) groups excluding carboxylic acids is 1. The average molecular weight is 288 g/mol. The molecule has 0 unspecified atom stereocenters. The summed E-state index contributed by atoms with van der Waals surface area (Å²) in [6, 6.07) is -0.613. The molecule has 1 heterocycles. The summed E-state index contributed by atoms with van der Waals surface area (Å²) in [5.41, 5.74) is 0.0714. The van der Waals surface area contributed by atoms with Crippen molar-refractivity contribution in [2.24, 2.45) is 5.92 Å². The number of sulfonamides is 1. The van der Waals surface area contributed by atoms with E-state index in [0.717, 1.165) is 38.5 Å². The number of likely N-dealkylation sites (tertiary alicyclic amines) is 1. The minimum atomic E-state index is -3.36. The number of carbonyl (C=O) groups is 1. The quantitative estimate of drug-likeness (QED) is 0.824. The maximum atomic E-state index is 12.6. The van der Waals surface area contributed by atoms with Gasteiger partial charge in [-0.2, -0.15) is 0 Å². The molecule has 5 nitrogen and oxygen atoms in total. The van der Waals surface area contributed by atoms with Crippen molar-refractivity contribution in [1.82, 2.24) is 9.62 Å². The molecule has 2 fully saturated rings. The van der Waals surface area contributed by atoms with E-state index in [4.69, 9.17) is 0 Å². The molecule has 2 rings (SSSR count). The molecule has 0 aromatic heterocycles. The zero-order valence-corrected chi connectivity index (χ0v) is 12.8. The van der Waals surface area contributed by atoms with Crippen molar-refractivity contribution in [3.8, 4) is 0 Å². The smallest absolute Gasteiger partial charge is 0.241 e. The highest BCUT2D eigenvalue weighted by atomic mass is 32.2. The molecule has 1 saturated carbocycles. The van der Waals surface area contributed by atoms with Gasteiger partial charge in [0.15, 0.2) is 0 Å². The van der Waals surface area contributed by atoms with Crippen LogP contribution < -0.4 is 4.72 Å². The van der Waals surface area contributed by atoms with Crippen LogP contribution in [0, 0.1) is 5.92 Å². The predicted octanol–water partition coefficient (Wildman–Crippen LogP) is 1.11. The summed E-state index contributed by atoms with van der Waals surface area (Å²) in [5, 5.41) is 0. The van der Waals surface area contributed by atoms with Crippen molar-refractivity contribution in [2.45, 2.75) is 57.5 Å². The van der Waals surface area contributed by atoms with Crippen LogP contribution in [0.3, 0.4) is 0 Å². The van der Waals surface area contributed by atoms with E-state index < -0.39 is 16.1 Å². The van der Waals surface area contributed by atoms with E-state index in [2.05, 4.69) is 4.72 Å². The van der Waals surface area contributed by atoms with Gasteiger partial charge in [0, 0.05) is 12.1 Å². The first-order valence-electron chi connectivity index (χ1n) is 7.08. The van der Waals surface area contributed by atoms with Crippen LogP contribution in [-0.2, 0) is 14.8 Å². The van der Waals surface area contributed by atoms with Crippen LogP contribution >= 0.6 is 0 Å². The summed E-state index contributed by atoms with van der Waals surface area (Å²) in [4.78, 5) is 14.5. The molecule has 0 bridgehead atoms. The molecule has 1 aliphatic carbocycles. The molecule has 0 aromatic carbocycles. The monoisotopic (exact) mass is 288 g/mol. The summed E-state index contributed by atoms with van der Waals surface area (Å²) in [6.45, 7) is 4.68. The fraction of sp³-hybridized carbons (Fsp3) is 0.923. The molecule has 1 N–H and O–H groups in total. The Morgan fingerprint density at radius 3 is 2.32 bits per heavy atom. The second-order valence-corrected chi connectivity index (χ2v) is 7.85. The Labute approximate surface area is 115 Å². The van der Waals surface area contributed by atoms with Crippen LogP contribution in [0.2, 0.25) is 0 Å². The van der Waals surface area contributed by atoms with E-state index in [1.165, 1.54) is 6.42 Å². The van der Waals surface area contributed by atoms with E-state index in [9.17, 15) is 13.2 Å². The van der Waals surface area contributed by atoms with Crippen molar-refractivity contribution in [2.75, 3.05) is 12.8 Å². The SMILES string of the molecule is CC[C@H](C)[C@@H](NS(C)(=O)=O)C(=O)N1CCC12CCC2. The summed E-state index contributed by atoms with van der Waals surface area (Å²) in [5.74, 6) is -0.0225. The zero-order valence-electron chi connectivity index (χ0n) is 12.0. The fourth-order valence-electron chi connectivity index (χ4n) is 3.03. The number of amides is 1. The fourth-order valence-corrected chi connectivity index (χ4v) is 3.83. The van der Waals surface area contributed by atoms with Crippen molar-refractivity contribution >= 4 is 15.9 Å². The van der Waals surface area contributed by atoms with Gasteiger partial charge in [-0.1, -0.05) is 20.3 Å². The third-order valence-corrected chi connectivity index (χ3v) is 5.43. The van der Waals surface area contributed by atoms with Crippen LogP contribution in [0.15, 0.2) is 0 Å². The van der Waals surface area contributed by atoms with Crippen LogP contribution in [0.4, 0.5) is 0 Å². The molecule has 19 heavy (non-hydrogen) atoms. The highest BCUT2D eigenvalue weighted by molar-refractivity contribution is 7.88. The highest BCUT2D eigenvalue weighted by Gasteiger charge is 2.52. The van der Waals surface area contributed by atoms with Gasteiger partial charge in [-0.05, 0) is 31.6 Å². The molecule has 1 saturated heterocycles. The van der Waals surface area contributed by atoms with E-state index in [-0.39, 0.29) is 17.4 Å². The van der Waals surface area contributed by atoms with E-state index in [1.807, 2.05) is 18.7 Å². The van der Waals surface area contributed by atoms with Gasteiger partial charge in [-0.3, -0.25) is 4.79 Å². The lowest BCUT2D eigenvalue weighted by atomic mass is 9.67. The lowest BCUT2D eigenvalue weighted by Gasteiger charge is -2.59. The Kier molecular flexibility index (Phi) is 3.93. The summed E-state index contributed by atoms with van der Waals surface area (Å²) < 4.78 is 25.4. The molecule has 0 radical (unpaired) electrons. The Balaban J connectivity index is 2.11. The topological polar surface area (TPSA) is 66.5 Å². The summed E-state index contributed by atoms with van der Waals surface area (Å²) in [6.07, 6.45) is 6.29. The Morgan fingerprint density at radius 2 is 2.00 bits per heavy atom. The van der Waals surface area contributed by atoms with Crippen LogP contribution in [0.1, 0.15) is 46.0 Å². The van der Waals surface area contributed by atoms with E-state index in [1.54, 1.807) is 0 Å². The Hall–Kier alpha value is -0.620. The standard InChI is InChI=1S/C13H24N2O3S/c1-4-10(2)11(14-19(3,17)18)12(16)15-9-8-13(15)6-5-7-13/h10-11,14H,4-9H2,1-3H3/t10-,11+/m0/s1. The first-order valence-corrected chi connectivity index (χ1v) is 8.97. The Bertz CT molecular complexity index is 451. The van der Waals surface area contributed by atoms with E-state index in [0.29, 0.717) is 0 Å². The molecular formula is C13H24N2O3S. The van der Waals surface area contributed by atoms with Crippen molar-refractivity contribution in [1.29, 1.82) is 0 Å². The van der Waals surface area contributed by atoms with Gasteiger partial charge in [-0.15, -0.1) is 0 Å². The first-order chi connectivity index (χ1) is 8.79. The molecule has 1 amide bonds. The first kappa shape index (κ1) is 14.8. The zero-order chi connectivity index (χ0) is 14.3. The molecule has 1 spiro atoms. The number of nitrogens with zero attached hydrogens (tertiary/aromatic N) is 1. The van der Waals surface area contributed by atoms with Gasteiger partial charge >= 0.3 is 0 Å². The van der Waals surface area contributed by atoms with Gasteiger partial charge in [-0.25, -0.2) is 13.1 Å². The minimum absolute atomic E-state index is 0.0138. The molecule has 2 atom stereocenters. The number of hydrogen-bond acceptors (Lipinski definition) is 3. The third kappa shape index (κ3) is 2.79. The van der Waals surface area contributed by atoms with Crippen LogP contribution in [-0.4, -0.2) is 43.6 Å². The molecule has 2 aliphatic rings. The van der Waals surface area contributed by atoms with E-state index >= 15 is 0 Å². The molecule has 110 valence electrons. The highest BCUT2D eigenvalue weighted by Crippen LogP contribution is 2.47. The maximum absolute atomic E-state index is 12.6. The third-order valence-electron chi connectivity index (χ3n) is 4.74. The van der Waals surface area contributed by atoms with Gasteiger partial charge in [0.05, 0.1) is 6.26 Å². The minimum Gasteiger partial charge on any atom is -0.335 e. The predicted molar refractivity (Wildman–Crippen MR) is 74.1 cm³/mol. The largest absolute Gasteiger partial charge is 0.335 e. The maximum Gasteiger partial charge on any atom is 0.241 e. The Morgan fingerprint density at radius 1 is 1.37 bits per heavy atom. The van der Waals surface area contributed by atoms with Gasteiger partial charge in [0.25, 0.3) is 0 Å². The molecule has 1 aliphatic heterocycles. The van der Waals surface area contributed by atoms with Crippen LogP contribution in [0.25, 0.3) is 0 Å². The van der Waals surface area contributed by atoms with Crippen molar-refractivity contribution in [3.63, 3.8) is 0 Å².